The minimum atomic E-state index is -0.283. The molecule has 0 aromatic heterocycles. The highest BCUT2D eigenvalue weighted by molar-refractivity contribution is 5.90. The maximum absolute atomic E-state index is 11.6. The van der Waals surface area contributed by atoms with Gasteiger partial charge in [0, 0.05) is 24.3 Å². The van der Waals surface area contributed by atoms with Crippen LogP contribution in [0, 0.1) is 0 Å². The highest BCUT2D eigenvalue weighted by atomic mass is 16.7. The minimum Gasteiger partial charge on any atom is -0.396 e. The molecule has 1 heterocycles. The second kappa shape index (κ2) is 7.23. The van der Waals surface area contributed by atoms with E-state index in [1.165, 1.54) is 0 Å². The van der Waals surface area contributed by atoms with E-state index in [2.05, 4.69) is 5.32 Å². The van der Waals surface area contributed by atoms with Crippen LogP contribution in [0.3, 0.4) is 0 Å². The van der Waals surface area contributed by atoms with Crippen molar-refractivity contribution in [1.82, 2.24) is 0 Å². The first-order chi connectivity index (χ1) is 9.29. The van der Waals surface area contributed by atoms with Crippen LogP contribution < -0.4 is 5.32 Å². The molecule has 1 aliphatic heterocycles. The second-order valence-corrected chi connectivity index (χ2v) is 4.42. The van der Waals surface area contributed by atoms with Gasteiger partial charge in [-0.25, -0.2) is 0 Å². The van der Waals surface area contributed by atoms with E-state index in [0.717, 1.165) is 11.3 Å². The fourth-order valence-electron chi connectivity index (χ4n) is 1.90. The molecule has 5 nitrogen and oxygen atoms in total. The molecule has 1 fully saturated rings. The fraction of sp³-hybridized carbons (Fsp3) is 0.500. The van der Waals surface area contributed by atoms with E-state index in [-0.39, 0.29) is 18.8 Å². The van der Waals surface area contributed by atoms with Gasteiger partial charge in [-0.2, -0.15) is 0 Å². The SMILES string of the molecule is O=C(CCCCO)Nc1ccc(C2OCCO2)cc1. The number of nitrogens with one attached hydrogen (secondary N) is 1. The van der Waals surface area contributed by atoms with Gasteiger partial charge < -0.3 is 19.9 Å². The molecule has 1 aromatic rings. The van der Waals surface area contributed by atoms with E-state index in [9.17, 15) is 4.79 Å². The third kappa shape index (κ3) is 4.31. The Labute approximate surface area is 112 Å². The maximum Gasteiger partial charge on any atom is 0.224 e. The number of anilines is 1. The lowest BCUT2D eigenvalue weighted by Gasteiger charge is -2.10. The molecule has 2 rings (SSSR count). The van der Waals surface area contributed by atoms with E-state index >= 15 is 0 Å². The number of hydrogen-bond acceptors (Lipinski definition) is 4. The lowest BCUT2D eigenvalue weighted by Crippen LogP contribution is -2.11. The summed E-state index contributed by atoms with van der Waals surface area (Å²) in [6.07, 6.45) is 1.50. The third-order valence-corrected chi connectivity index (χ3v) is 2.90. The number of rotatable bonds is 6. The molecular weight excluding hydrogens is 246 g/mol. The zero-order chi connectivity index (χ0) is 13.5. The third-order valence-electron chi connectivity index (χ3n) is 2.90. The van der Waals surface area contributed by atoms with Crippen molar-refractivity contribution in [3.8, 4) is 0 Å². The Kier molecular flexibility index (Phi) is 5.32. The molecule has 1 saturated heterocycles. The van der Waals surface area contributed by atoms with Crippen LogP contribution in [0.5, 0.6) is 0 Å². The van der Waals surface area contributed by atoms with Crippen LogP contribution in [0.25, 0.3) is 0 Å². The van der Waals surface area contributed by atoms with E-state index in [1.54, 1.807) is 0 Å². The number of unbranched alkanes of at least 4 members (excludes halogenated alkanes) is 1. The molecule has 1 amide bonds. The predicted molar refractivity (Wildman–Crippen MR) is 70.7 cm³/mol. The van der Waals surface area contributed by atoms with Gasteiger partial charge in [0.2, 0.25) is 5.91 Å². The van der Waals surface area contributed by atoms with Gasteiger partial charge in [-0.1, -0.05) is 12.1 Å². The standard InChI is InChI=1S/C14H19NO4/c16-8-2-1-3-13(17)15-12-6-4-11(5-7-12)14-18-9-10-19-14/h4-7,14,16H,1-3,8-10H2,(H,15,17). The van der Waals surface area contributed by atoms with Crippen LogP contribution in [-0.4, -0.2) is 30.8 Å². The van der Waals surface area contributed by atoms with Crippen LogP contribution in [0.2, 0.25) is 0 Å². The van der Waals surface area contributed by atoms with E-state index in [0.29, 0.717) is 32.5 Å². The number of carbonyl (C=O) groups excluding carboxylic acids is 1. The van der Waals surface area contributed by atoms with Crippen molar-refractivity contribution >= 4 is 11.6 Å². The molecular formula is C14H19NO4. The molecule has 1 aromatic carbocycles. The molecule has 2 N–H and O–H groups in total. The van der Waals surface area contributed by atoms with Crippen molar-refractivity contribution in [2.24, 2.45) is 0 Å². The van der Waals surface area contributed by atoms with Crippen LogP contribution in [0.15, 0.2) is 24.3 Å². The Morgan fingerprint density at radius 1 is 1.21 bits per heavy atom. The van der Waals surface area contributed by atoms with Crippen LogP contribution in [0.1, 0.15) is 31.1 Å². The zero-order valence-electron chi connectivity index (χ0n) is 10.8. The quantitative estimate of drug-likeness (QED) is 0.770. The molecule has 1 aliphatic rings. The Morgan fingerprint density at radius 3 is 2.53 bits per heavy atom. The Morgan fingerprint density at radius 2 is 1.89 bits per heavy atom. The summed E-state index contributed by atoms with van der Waals surface area (Å²) < 4.78 is 10.8. The molecule has 0 aliphatic carbocycles. The first-order valence-electron chi connectivity index (χ1n) is 6.53. The highest BCUT2D eigenvalue weighted by Gasteiger charge is 2.17. The smallest absolute Gasteiger partial charge is 0.224 e. The molecule has 19 heavy (non-hydrogen) atoms. The summed E-state index contributed by atoms with van der Waals surface area (Å²) in [6.45, 7) is 1.37. The van der Waals surface area contributed by atoms with Gasteiger partial charge in [0.15, 0.2) is 6.29 Å². The normalized spacial score (nSPS) is 15.6. The van der Waals surface area contributed by atoms with Crippen molar-refractivity contribution in [2.75, 3.05) is 25.1 Å². The summed E-state index contributed by atoms with van der Waals surface area (Å²) in [6, 6.07) is 7.45. The molecule has 0 saturated carbocycles. The van der Waals surface area contributed by atoms with Crippen molar-refractivity contribution in [1.29, 1.82) is 0 Å². The topological polar surface area (TPSA) is 67.8 Å². The predicted octanol–water partition coefficient (Wildman–Crippen LogP) is 1.83. The lowest BCUT2D eigenvalue weighted by molar-refractivity contribution is -0.116. The summed E-state index contributed by atoms with van der Waals surface area (Å²) in [5, 5.41) is 11.5. The summed E-state index contributed by atoms with van der Waals surface area (Å²) in [5.41, 5.74) is 1.71. The van der Waals surface area contributed by atoms with Gasteiger partial charge >= 0.3 is 0 Å². The number of aliphatic hydroxyl groups excluding tert-OH is 1. The summed E-state index contributed by atoms with van der Waals surface area (Å²) in [4.78, 5) is 11.6. The first kappa shape index (κ1) is 14.0. The number of amides is 1. The average molecular weight is 265 g/mol. The van der Waals surface area contributed by atoms with Crippen molar-refractivity contribution in [2.45, 2.75) is 25.6 Å². The van der Waals surface area contributed by atoms with Crippen LogP contribution in [0.4, 0.5) is 5.69 Å². The van der Waals surface area contributed by atoms with Gasteiger partial charge in [-0.3, -0.25) is 4.79 Å². The van der Waals surface area contributed by atoms with Gasteiger partial charge in [-0.05, 0) is 25.0 Å². The number of aliphatic hydroxyl groups is 1. The molecule has 5 heteroatoms. The Balaban J connectivity index is 1.82. The van der Waals surface area contributed by atoms with Crippen molar-refractivity contribution < 1.29 is 19.4 Å². The maximum atomic E-state index is 11.6. The molecule has 104 valence electrons. The number of ether oxygens (including phenoxy) is 2. The molecule has 0 radical (unpaired) electrons. The van der Waals surface area contributed by atoms with Gasteiger partial charge in [0.25, 0.3) is 0 Å². The van der Waals surface area contributed by atoms with Crippen LogP contribution >= 0.6 is 0 Å². The second-order valence-electron chi connectivity index (χ2n) is 4.42. The van der Waals surface area contributed by atoms with Gasteiger partial charge in [-0.15, -0.1) is 0 Å². The van der Waals surface area contributed by atoms with Gasteiger partial charge in [0.05, 0.1) is 13.2 Å². The summed E-state index contributed by atoms with van der Waals surface area (Å²) in [7, 11) is 0. The summed E-state index contributed by atoms with van der Waals surface area (Å²) >= 11 is 0. The Hall–Kier alpha value is -1.43. The van der Waals surface area contributed by atoms with E-state index in [4.69, 9.17) is 14.6 Å². The highest BCUT2D eigenvalue weighted by Crippen LogP contribution is 2.24. The summed E-state index contributed by atoms with van der Waals surface area (Å²) in [5.74, 6) is -0.0328. The number of hydrogen-bond donors (Lipinski definition) is 2. The first-order valence-corrected chi connectivity index (χ1v) is 6.53. The molecule has 0 atom stereocenters. The monoisotopic (exact) mass is 265 g/mol. The Bertz CT molecular complexity index is 398. The lowest BCUT2D eigenvalue weighted by atomic mass is 10.2. The molecule has 0 bridgehead atoms. The van der Waals surface area contributed by atoms with Crippen molar-refractivity contribution in [3.63, 3.8) is 0 Å². The number of benzene rings is 1. The van der Waals surface area contributed by atoms with Gasteiger partial charge in [0.1, 0.15) is 0 Å². The van der Waals surface area contributed by atoms with E-state index < -0.39 is 0 Å². The average Bonchev–Trinajstić information content (AvgIpc) is 2.94. The number of carbonyl (C=O) groups is 1. The van der Waals surface area contributed by atoms with E-state index in [1.807, 2.05) is 24.3 Å². The van der Waals surface area contributed by atoms with Crippen LogP contribution in [-0.2, 0) is 14.3 Å². The fourth-order valence-corrected chi connectivity index (χ4v) is 1.90. The largest absolute Gasteiger partial charge is 0.396 e. The molecule has 0 spiro atoms. The zero-order valence-corrected chi connectivity index (χ0v) is 10.8. The molecule has 0 unspecified atom stereocenters. The minimum absolute atomic E-state index is 0.0328. The van der Waals surface area contributed by atoms with Crippen molar-refractivity contribution in [3.05, 3.63) is 29.8 Å².